The van der Waals surface area contributed by atoms with E-state index in [9.17, 15) is 4.79 Å². The average molecular weight is 199 g/mol. The van der Waals surface area contributed by atoms with Crippen LogP contribution in [0.2, 0.25) is 0 Å². The molecule has 2 N–H and O–H groups in total. The summed E-state index contributed by atoms with van der Waals surface area (Å²) in [5.41, 5.74) is 0. The van der Waals surface area contributed by atoms with E-state index < -0.39 is 5.97 Å². The van der Waals surface area contributed by atoms with Gasteiger partial charge in [-0.1, -0.05) is 0 Å². The highest BCUT2D eigenvalue weighted by molar-refractivity contribution is 6.37. The van der Waals surface area contributed by atoms with Crippen LogP contribution in [0.5, 0.6) is 0 Å². The van der Waals surface area contributed by atoms with Crippen LogP contribution in [-0.4, -0.2) is 30.3 Å². The molecule has 0 aromatic heterocycles. The van der Waals surface area contributed by atoms with Crippen molar-refractivity contribution in [2.75, 3.05) is 6.61 Å². The van der Waals surface area contributed by atoms with E-state index in [0.717, 1.165) is 0 Å². The molecule has 14 heavy (non-hydrogen) atoms. The first-order valence-corrected chi connectivity index (χ1v) is 4.54. The molecule has 0 saturated heterocycles. The first kappa shape index (κ1) is 12.6. The van der Waals surface area contributed by atoms with Gasteiger partial charge in [-0.2, -0.15) is 0 Å². The number of carbonyl (C=O) groups is 1. The largest absolute Gasteiger partial charge is 0.460 e. The van der Waals surface area contributed by atoms with E-state index in [2.05, 4.69) is 10.3 Å². The lowest BCUT2D eigenvalue weighted by Gasteiger charge is -2.11. The third-order valence-electron chi connectivity index (χ3n) is 1.17. The molecule has 0 amide bonds. The van der Waals surface area contributed by atoms with Gasteiger partial charge >= 0.3 is 5.97 Å². The maximum Gasteiger partial charge on any atom is 0.374 e. The molecule has 0 heterocycles. The molecule has 0 aliphatic heterocycles. The third-order valence-corrected chi connectivity index (χ3v) is 1.17. The predicted molar refractivity (Wildman–Crippen MR) is 55.7 cm³/mol. The lowest BCUT2D eigenvalue weighted by Crippen LogP contribution is -2.37. The Hall–Kier alpha value is -1.39. The Kier molecular flexibility index (Phi) is 5.52. The van der Waals surface area contributed by atoms with Crippen LogP contribution in [0.25, 0.3) is 0 Å². The molecule has 0 aromatic carbocycles. The quantitative estimate of drug-likeness (QED) is 0.395. The number of hydrogen-bond acceptors (Lipinski definition) is 3. The van der Waals surface area contributed by atoms with Gasteiger partial charge in [-0.3, -0.25) is 5.41 Å². The second-order valence-electron chi connectivity index (χ2n) is 3.07. The number of amidine groups is 2. The van der Waals surface area contributed by atoms with Gasteiger partial charge in [0.25, 0.3) is 0 Å². The Bertz CT molecular complexity index is 246. The van der Waals surface area contributed by atoms with Crippen LogP contribution in [0.15, 0.2) is 4.99 Å². The Labute approximate surface area is 84.1 Å². The first-order chi connectivity index (χ1) is 6.47. The Morgan fingerprint density at radius 1 is 1.57 bits per heavy atom. The second kappa shape index (κ2) is 6.12. The summed E-state index contributed by atoms with van der Waals surface area (Å²) in [6.45, 7) is 7.29. The molecule has 0 radical (unpaired) electrons. The summed E-state index contributed by atoms with van der Waals surface area (Å²) in [4.78, 5) is 15.1. The van der Waals surface area contributed by atoms with E-state index in [4.69, 9.17) is 10.1 Å². The van der Waals surface area contributed by atoms with Crippen molar-refractivity contribution in [2.24, 2.45) is 4.99 Å². The fourth-order valence-electron chi connectivity index (χ4n) is 0.777. The van der Waals surface area contributed by atoms with Gasteiger partial charge in [-0.05, 0) is 27.7 Å². The zero-order valence-corrected chi connectivity index (χ0v) is 9.05. The minimum absolute atomic E-state index is 0.0706. The first-order valence-electron chi connectivity index (χ1n) is 4.54. The normalized spacial score (nSPS) is 11.4. The average Bonchev–Trinajstić information content (AvgIpc) is 2.01. The molecule has 5 heteroatoms. The van der Waals surface area contributed by atoms with Crippen molar-refractivity contribution in [1.82, 2.24) is 5.32 Å². The summed E-state index contributed by atoms with van der Waals surface area (Å²) in [5, 5.41) is 9.99. The zero-order valence-electron chi connectivity index (χ0n) is 9.05. The van der Waals surface area contributed by atoms with Gasteiger partial charge in [0.15, 0.2) is 0 Å². The molecule has 0 fully saturated rings. The van der Waals surface area contributed by atoms with Crippen molar-refractivity contribution in [3.05, 3.63) is 0 Å². The van der Waals surface area contributed by atoms with Crippen molar-refractivity contribution in [1.29, 1.82) is 5.41 Å². The van der Waals surface area contributed by atoms with Gasteiger partial charge in [0, 0.05) is 6.04 Å². The van der Waals surface area contributed by atoms with Crippen LogP contribution in [0.1, 0.15) is 27.7 Å². The number of esters is 1. The minimum Gasteiger partial charge on any atom is -0.460 e. The fourth-order valence-corrected chi connectivity index (χ4v) is 0.777. The van der Waals surface area contributed by atoms with Crippen molar-refractivity contribution < 1.29 is 9.53 Å². The van der Waals surface area contributed by atoms with E-state index in [1.807, 2.05) is 13.8 Å². The third kappa shape index (κ3) is 5.29. The molecule has 0 aliphatic carbocycles. The molecule has 0 saturated carbocycles. The maximum absolute atomic E-state index is 11.3. The standard InChI is InChI=1S/C9H17N3O2/c1-5-14-9(13)8(11-6(2)3)12-7(4)10/h6H,5H2,1-4H3,(H2,10,11,12). The van der Waals surface area contributed by atoms with Gasteiger partial charge in [0.05, 0.1) is 6.61 Å². The SMILES string of the molecule is CCOC(=O)/C(=N/C(C)=N)NC(C)C. The molecular weight excluding hydrogens is 182 g/mol. The lowest BCUT2D eigenvalue weighted by atomic mass is 10.4. The van der Waals surface area contributed by atoms with Gasteiger partial charge in [-0.25, -0.2) is 9.79 Å². The molecular formula is C9H17N3O2. The maximum atomic E-state index is 11.3. The molecule has 0 bridgehead atoms. The number of aliphatic imine (C=N–C) groups is 1. The number of carbonyl (C=O) groups excluding carboxylic acids is 1. The smallest absolute Gasteiger partial charge is 0.374 e. The molecule has 0 unspecified atom stereocenters. The highest BCUT2D eigenvalue weighted by Crippen LogP contribution is 1.87. The molecule has 0 spiro atoms. The lowest BCUT2D eigenvalue weighted by molar-refractivity contribution is -0.135. The molecule has 80 valence electrons. The van der Waals surface area contributed by atoms with E-state index in [1.54, 1.807) is 6.92 Å². The molecule has 0 aromatic rings. The summed E-state index contributed by atoms with van der Waals surface area (Å²) in [7, 11) is 0. The van der Waals surface area contributed by atoms with Crippen molar-refractivity contribution in [2.45, 2.75) is 33.7 Å². The highest BCUT2D eigenvalue weighted by atomic mass is 16.5. The topological polar surface area (TPSA) is 74.5 Å². The van der Waals surface area contributed by atoms with Crippen LogP contribution in [0.4, 0.5) is 0 Å². The van der Waals surface area contributed by atoms with Crippen molar-refractivity contribution in [3.63, 3.8) is 0 Å². The number of rotatable bonds is 2. The number of hydrogen-bond donors (Lipinski definition) is 2. The number of ether oxygens (including phenoxy) is 1. The van der Waals surface area contributed by atoms with E-state index >= 15 is 0 Å². The minimum atomic E-state index is -0.521. The summed E-state index contributed by atoms with van der Waals surface area (Å²) < 4.78 is 4.78. The molecule has 5 nitrogen and oxygen atoms in total. The van der Waals surface area contributed by atoms with E-state index in [-0.39, 0.29) is 17.7 Å². The van der Waals surface area contributed by atoms with Gasteiger partial charge < -0.3 is 10.1 Å². The van der Waals surface area contributed by atoms with Gasteiger partial charge in [0.2, 0.25) is 5.84 Å². The van der Waals surface area contributed by atoms with E-state index in [0.29, 0.717) is 6.61 Å². The van der Waals surface area contributed by atoms with Gasteiger partial charge in [-0.15, -0.1) is 0 Å². The summed E-state index contributed by atoms with van der Waals surface area (Å²) in [6.07, 6.45) is 0. The molecule has 0 aliphatic rings. The number of nitrogens with zero attached hydrogens (tertiary/aromatic N) is 1. The van der Waals surface area contributed by atoms with E-state index in [1.165, 1.54) is 6.92 Å². The van der Waals surface area contributed by atoms with Crippen LogP contribution >= 0.6 is 0 Å². The van der Waals surface area contributed by atoms with Crippen LogP contribution in [-0.2, 0) is 9.53 Å². The number of nitrogens with one attached hydrogen (secondary N) is 2. The summed E-state index contributed by atoms with van der Waals surface area (Å²) in [6, 6.07) is 0.0810. The Morgan fingerprint density at radius 2 is 2.14 bits per heavy atom. The van der Waals surface area contributed by atoms with Crippen molar-refractivity contribution in [3.8, 4) is 0 Å². The summed E-state index contributed by atoms with van der Waals surface area (Å²) >= 11 is 0. The predicted octanol–water partition coefficient (Wildman–Crippen LogP) is 0.943. The van der Waals surface area contributed by atoms with Gasteiger partial charge in [0.1, 0.15) is 5.84 Å². The highest BCUT2D eigenvalue weighted by Gasteiger charge is 2.13. The molecule has 0 rings (SSSR count). The monoisotopic (exact) mass is 199 g/mol. The Morgan fingerprint density at radius 3 is 2.50 bits per heavy atom. The summed E-state index contributed by atoms with van der Waals surface area (Å²) in [5.74, 6) is -0.358. The van der Waals surface area contributed by atoms with Crippen molar-refractivity contribution >= 4 is 17.6 Å². The zero-order chi connectivity index (χ0) is 11.1. The van der Waals surface area contributed by atoms with Crippen LogP contribution in [0.3, 0.4) is 0 Å². The molecule has 0 atom stereocenters. The second-order valence-corrected chi connectivity index (χ2v) is 3.07. The fraction of sp³-hybridized carbons (Fsp3) is 0.667. The Balaban J connectivity index is 4.55. The van der Waals surface area contributed by atoms with Crippen LogP contribution in [0, 0.1) is 5.41 Å². The van der Waals surface area contributed by atoms with Crippen LogP contribution < -0.4 is 5.32 Å².